The molecular formula is C15H19NO5. The Bertz CT molecular complexity index is 543. The minimum absolute atomic E-state index is 0.217. The molecule has 6 heteroatoms. The van der Waals surface area contributed by atoms with E-state index in [0.29, 0.717) is 18.6 Å². The first-order valence-electron chi connectivity index (χ1n) is 7.00. The zero-order valence-electron chi connectivity index (χ0n) is 12.2. The topological polar surface area (TPSA) is 76.1 Å². The highest BCUT2D eigenvalue weighted by molar-refractivity contribution is 5.83. The lowest BCUT2D eigenvalue weighted by Crippen LogP contribution is -2.43. The van der Waals surface area contributed by atoms with E-state index in [-0.39, 0.29) is 13.2 Å². The fourth-order valence-corrected chi connectivity index (χ4v) is 2.54. The molecule has 1 aromatic carbocycles. The lowest BCUT2D eigenvalue weighted by molar-refractivity contribution is -0.149. The maximum Gasteiger partial charge on any atom is 0.408 e. The van der Waals surface area contributed by atoms with Gasteiger partial charge in [-0.1, -0.05) is 6.07 Å². The van der Waals surface area contributed by atoms with Gasteiger partial charge in [0.1, 0.15) is 5.75 Å². The maximum absolute atomic E-state index is 12.1. The Morgan fingerprint density at radius 2 is 2.10 bits per heavy atom. The summed E-state index contributed by atoms with van der Waals surface area (Å²) in [6, 6.07) is 4.46. The van der Waals surface area contributed by atoms with Gasteiger partial charge in [-0.3, -0.25) is 4.90 Å². The zero-order valence-corrected chi connectivity index (χ0v) is 12.2. The highest BCUT2D eigenvalue weighted by Crippen LogP contribution is 2.33. The number of hydrogen-bond acceptors (Lipinski definition) is 4. The number of carbonyl (C=O) groups excluding carboxylic acids is 1. The number of esters is 1. The van der Waals surface area contributed by atoms with Crippen molar-refractivity contribution in [2.75, 3.05) is 19.8 Å². The van der Waals surface area contributed by atoms with Gasteiger partial charge in [0.25, 0.3) is 0 Å². The summed E-state index contributed by atoms with van der Waals surface area (Å²) in [6.45, 7) is 4.63. The van der Waals surface area contributed by atoms with E-state index in [1.165, 1.54) is 0 Å². The fraction of sp³-hybridized carbons (Fsp3) is 0.467. The molecule has 1 heterocycles. The van der Waals surface area contributed by atoms with Crippen LogP contribution < -0.4 is 4.74 Å². The van der Waals surface area contributed by atoms with E-state index in [0.717, 1.165) is 16.2 Å². The van der Waals surface area contributed by atoms with Gasteiger partial charge in [-0.25, -0.2) is 9.59 Å². The molecule has 0 aromatic heterocycles. The van der Waals surface area contributed by atoms with Crippen molar-refractivity contribution in [2.45, 2.75) is 26.3 Å². The van der Waals surface area contributed by atoms with Crippen molar-refractivity contribution in [3.8, 4) is 5.75 Å². The second-order valence-electron chi connectivity index (χ2n) is 4.67. The van der Waals surface area contributed by atoms with E-state index in [2.05, 4.69) is 0 Å². The molecule has 2 rings (SSSR count). The van der Waals surface area contributed by atoms with Gasteiger partial charge in [0.15, 0.2) is 6.04 Å². The van der Waals surface area contributed by atoms with Gasteiger partial charge in [-0.05, 0) is 43.5 Å². The van der Waals surface area contributed by atoms with Crippen molar-refractivity contribution in [2.24, 2.45) is 0 Å². The molecule has 0 aliphatic carbocycles. The van der Waals surface area contributed by atoms with Crippen molar-refractivity contribution in [1.82, 2.24) is 4.90 Å². The third-order valence-corrected chi connectivity index (χ3v) is 3.41. The van der Waals surface area contributed by atoms with Crippen LogP contribution in [0.4, 0.5) is 4.79 Å². The molecule has 6 nitrogen and oxygen atoms in total. The Morgan fingerprint density at radius 3 is 2.71 bits per heavy atom. The predicted molar refractivity (Wildman–Crippen MR) is 75.4 cm³/mol. The van der Waals surface area contributed by atoms with Crippen LogP contribution in [0.25, 0.3) is 0 Å². The molecule has 1 atom stereocenters. The van der Waals surface area contributed by atoms with Crippen LogP contribution in [0.1, 0.15) is 31.0 Å². The molecule has 0 saturated carbocycles. The minimum Gasteiger partial charge on any atom is -0.494 e. The van der Waals surface area contributed by atoms with Crippen LogP contribution in [-0.2, 0) is 16.0 Å². The monoisotopic (exact) mass is 293 g/mol. The summed E-state index contributed by atoms with van der Waals surface area (Å²) in [5, 5.41) is 9.28. The van der Waals surface area contributed by atoms with Crippen LogP contribution in [0.5, 0.6) is 5.75 Å². The van der Waals surface area contributed by atoms with Gasteiger partial charge in [-0.15, -0.1) is 0 Å². The second-order valence-corrected chi connectivity index (χ2v) is 4.67. The zero-order chi connectivity index (χ0) is 15.4. The Kier molecular flexibility index (Phi) is 4.67. The molecule has 0 radical (unpaired) electrons. The molecule has 1 aliphatic rings. The fourth-order valence-electron chi connectivity index (χ4n) is 2.54. The van der Waals surface area contributed by atoms with E-state index in [1.54, 1.807) is 19.1 Å². The van der Waals surface area contributed by atoms with Crippen LogP contribution in [0, 0.1) is 0 Å². The lowest BCUT2D eigenvalue weighted by atomic mass is 9.92. The summed E-state index contributed by atoms with van der Waals surface area (Å²) in [4.78, 5) is 24.6. The summed E-state index contributed by atoms with van der Waals surface area (Å²) >= 11 is 0. The van der Waals surface area contributed by atoms with Gasteiger partial charge >= 0.3 is 12.1 Å². The largest absolute Gasteiger partial charge is 0.494 e. The van der Waals surface area contributed by atoms with Crippen LogP contribution in [0.15, 0.2) is 18.2 Å². The smallest absolute Gasteiger partial charge is 0.408 e. The first-order valence-corrected chi connectivity index (χ1v) is 7.00. The molecule has 21 heavy (non-hydrogen) atoms. The Morgan fingerprint density at radius 1 is 1.33 bits per heavy atom. The maximum atomic E-state index is 12.1. The molecule has 1 aliphatic heterocycles. The number of amides is 1. The van der Waals surface area contributed by atoms with E-state index in [9.17, 15) is 14.7 Å². The van der Waals surface area contributed by atoms with Gasteiger partial charge < -0.3 is 14.6 Å². The molecule has 1 amide bonds. The van der Waals surface area contributed by atoms with Gasteiger partial charge in [0.2, 0.25) is 0 Å². The predicted octanol–water partition coefficient (Wildman–Crippen LogP) is 2.23. The quantitative estimate of drug-likeness (QED) is 0.861. The number of hydrogen-bond donors (Lipinski definition) is 1. The lowest BCUT2D eigenvalue weighted by Gasteiger charge is -2.33. The third kappa shape index (κ3) is 3.09. The van der Waals surface area contributed by atoms with Crippen molar-refractivity contribution in [1.29, 1.82) is 0 Å². The highest BCUT2D eigenvalue weighted by Gasteiger charge is 2.37. The SMILES string of the molecule is CCOC(=O)C1c2ccc(OCC)cc2CCN1C(=O)O. The third-order valence-electron chi connectivity index (χ3n) is 3.41. The molecule has 0 fully saturated rings. The van der Waals surface area contributed by atoms with E-state index in [4.69, 9.17) is 9.47 Å². The van der Waals surface area contributed by atoms with Crippen LogP contribution in [0.3, 0.4) is 0 Å². The van der Waals surface area contributed by atoms with Crippen molar-refractivity contribution in [3.05, 3.63) is 29.3 Å². The molecular weight excluding hydrogens is 274 g/mol. The number of ether oxygens (including phenoxy) is 2. The average Bonchev–Trinajstić information content (AvgIpc) is 2.46. The molecule has 1 unspecified atom stereocenters. The summed E-state index contributed by atoms with van der Waals surface area (Å²) < 4.78 is 10.5. The van der Waals surface area contributed by atoms with Crippen LogP contribution in [0.2, 0.25) is 0 Å². The normalized spacial score (nSPS) is 17.0. The Hall–Kier alpha value is -2.24. The molecule has 1 aromatic rings. The number of carboxylic acid groups (broad SMARTS) is 1. The first-order chi connectivity index (χ1) is 10.1. The molecule has 1 N–H and O–H groups in total. The molecule has 0 bridgehead atoms. The molecule has 114 valence electrons. The summed E-state index contributed by atoms with van der Waals surface area (Å²) in [5.41, 5.74) is 1.60. The van der Waals surface area contributed by atoms with E-state index >= 15 is 0 Å². The van der Waals surface area contributed by atoms with Crippen molar-refractivity contribution < 1.29 is 24.2 Å². The van der Waals surface area contributed by atoms with Gasteiger partial charge in [0, 0.05) is 6.54 Å². The molecule has 0 saturated heterocycles. The minimum atomic E-state index is -1.12. The van der Waals surface area contributed by atoms with Crippen molar-refractivity contribution in [3.63, 3.8) is 0 Å². The van der Waals surface area contributed by atoms with Crippen LogP contribution in [-0.4, -0.2) is 41.8 Å². The Balaban J connectivity index is 2.39. The standard InChI is InChI=1S/C15H19NO5/c1-3-20-11-5-6-12-10(9-11)7-8-16(15(18)19)13(12)14(17)21-4-2/h5-6,9,13H,3-4,7-8H2,1-2H3,(H,18,19). The second kappa shape index (κ2) is 6.47. The number of benzene rings is 1. The van der Waals surface area contributed by atoms with Gasteiger partial charge in [-0.2, -0.15) is 0 Å². The summed E-state index contributed by atoms with van der Waals surface area (Å²) in [6.07, 6.45) is -0.564. The van der Waals surface area contributed by atoms with E-state index < -0.39 is 18.1 Å². The van der Waals surface area contributed by atoms with Crippen molar-refractivity contribution >= 4 is 12.1 Å². The Labute approximate surface area is 123 Å². The molecule has 0 spiro atoms. The number of carbonyl (C=O) groups is 2. The summed E-state index contributed by atoms with van der Waals surface area (Å²) in [7, 11) is 0. The average molecular weight is 293 g/mol. The van der Waals surface area contributed by atoms with E-state index in [1.807, 2.05) is 13.0 Å². The van der Waals surface area contributed by atoms with Gasteiger partial charge in [0.05, 0.1) is 13.2 Å². The number of nitrogens with zero attached hydrogens (tertiary/aromatic N) is 1. The number of fused-ring (bicyclic) bond motifs is 1. The number of rotatable bonds is 4. The first kappa shape index (κ1) is 15.2. The highest BCUT2D eigenvalue weighted by atomic mass is 16.5. The summed E-state index contributed by atoms with van der Waals surface area (Å²) in [5.74, 6) is 0.188. The van der Waals surface area contributed by atoms with Crippen LogP contribution >= 0.6 is 0 Å².